The van der Waals surface area contributed by atoms with Crippen molar-refractivity contribution in [1.82, 2.24) is 9.97 Å². The number of hydrogen-bond donors (Lipinski definition) is 1. The lowest BCUT2D eigenvalue weighted by Crippen LogP contribution is -2.32. The van der Waals surface area contributed by atoms with E-state index < -0.39 is 0 Å². The Morgan fingerprint density at radius 1 is 1.17 bits per heavy atom. The second-order valence-corrected chi connectivity index (χ2v) is 6.84. The van der Waals surface area contributed by atoms with Gasteiger partial charge in [0.25, 0.3) is 0 Å². The highest BCUT2D eigenvalue weighted by molar-refractivity contribution is 5.76. The van der Waals surface area contributed by atoms with Gasteiger partial charge in [-0.1, -0.05) is 18.6 Å². The molecule has 4 heteroatoms. The van der Waals surface area contributed by atoms with Gasteiger partial charge < -0.3 is 10.2 Å². The lowest BCUT2D eigenvalue weighted by Gasteiger charge is -2.36. The van der Waals surface area contributed by atoms with Gasteiger partial charge in [0, 0.05) is 42.8 Å². The van der Waals surface area contributed by atoms with Gasteiger partial charge in [-0.15, -0.1) is 0 Å². The first-order valence-corrected chi connectivity index (χ1v) is 8.88. The molecule has 0 saturated heterocycles. The third-order valence-corrected chi connectivity index (χ3v) is 5.15. The number of anilines is 3. The van der Waals surface area contributed by atoms with E-state index in [-0.39, 0.29) is 0 Å². The quantitative estimate of drug-likeness (QED) is 0.897. The average molecular weight is 320 g/mol. The van der Waals surface area contributed by atoms with E-state index in [0.29, 0.717) is 0 Å². The molecule has 2 aromatic rings. The van der Waals surface area contributed by atoms with Crippen LogP contribution in [0.4, 0.5) is 17.3 Å². The third kappa shape index (κ3) is 2.88. The van der Waals surface area contributed by atoms with Crippen LogP contribution in [0.25, 0.3) is 6.08 Å². The maximum atomic E-state index is 4.59. The van der Waals surface area contributed by atoms with Crippen LogP contribution in [0.2, 0.25) is 0 Å². The molecule has 4 rings (SSSR count). The van der Waals surface area contributed by atoms with E-state index in [9.17, 15) is 0 Å². The Kier molecular flexibility index (Phi) is 3.97. The van der Waals surface area contributed by atoms with Crippen molar-refractivity contribution in [2.75, 3.05) is 23.3 Å². The van der Waals surface area contributed by atoms with Crippen molar-refractivity contribution in [3.63, 3.8) is 0 Å². The number of rotatable bonds is 4. The molecule has 4 nitrogen and oxygen atoms in total. The van der Waals surface area contributed by atoms with Crippen LogP contribution in [0.3, 0.4) is 0 Å². The number of nitrogens with one attached hydrogen (secondary N) is 1. The van der Waals surface area contributed by atoms with Crippen molar-refractivity contribution in [3.8, 4) is 0 Å². The number of aromatic nitrogens is 2. The zero-order valence-corrected chi connectivity index (χ0v) is 14.4. The molecule has 3 heterocycles. The van der Waals surface area contributed by atoms with E-state index in [0.717, 1.165) is 36.2 Å². The topological polar surface area (TPSA) is 41.1 Å². The molecule has 0 atom stereocenters. The molecule has 2 aromatic heterocycles. The minimum absolute atomic E-state index is 0.793. The van der Waals surface area contributed by atoms with Crippen molar-refractivity contribution in [2.45, 2.75) is 33.1 Å². The summed E-state index contributed by atoms with van der Waals surface area (Å²) >= 11 is 0. The summed E-state index contributed by atoms with van der Waals surface area (Å²) in [5.41, 5.74) is 5.25. The van der Waals surface area contributed by atoms with Gasteiger partial charge in [0.2, 0.25) is 0 Å². The van der Waals surface area contributed by atoms with E-state index in [4.69, 9.17) is 0 Å². The predicted molar refractivity (Wildman–Crippen MR) is 99.7 cm³/mol. The first-order valence-electron chi connectivity index (χ1n) is 8.88. The Morgan fingerprint density at radius 3 is 2.67 bits per heavy atom. The molecule has 1 fully saturated rings. The monoisotopic (exact) mass is 320 g/mol. The number of pyridine rings is 2. The van der Waals surface area contributed by atoms with Gasteiger partial charge >= 0.3 is 0 Å². The lowest BCUT2D eigenvalue weighted by molar-refractivity contribution is 0.364. The molecule has 0 aromatic carbocycles. The maximum absolute atomic E-state index is 4.59. The molecule has 24 heavy (non-hydrogen) atoms. The highest BCUT2D eigenvalue weighted by atomic mass is 15.1. The molecule has 0 unspecified atom stereocenters. The summed E-state index contributed by atoms with van der Waals surface area (Å²) in [5.74, 6) is 2.48. The van der Waals surface area contributed by atoms with Gasteiger partial charge in [0.1, 0.15) is 11.6 Å². The van der Waals surface area contributed by atoms with Crippen LogP contribution in [-0.4, -0.2) is 23.1 Å². The summed E-state index contributed by atoms with van der Waals surface area (Å²) in [6, 6.07) is 6.19. The Hall–Kier alpha value is -2.36. The maximum Gasteiger partial charge on any atom is 0.133 e. The van der Waals surface area contributed by atoms with Crippen molar-refractivity contribution in [2.24, 2.45) is 5.92 Å². The SMILES string of the molecule is CCN1CC(C2CCC2)=Cc2cnc(Nc3ccc(C)cn3)cc21. The van der Waals surface area contributed by atoms with Crippen LogP contribution >= 0.6 is 0 Å². The molecule has 1 N–H and O–H groups in total. The number of aryl methyl sites for hydroxylation is 1. The van der Waals surface area contributed by atoms with Gasteiger partial charge in [-0.25, -0.2) is 9.97 Å². The molecule has 0 amide bonds. The van der Waals surface area contributed by atoms with Crippen molar-refractivity contribution >= 4 is 23.4 Å². The molecule has 0 radical (unpaired) electrons. The van der Waals surface area contributed by atoms with Crippen molar-refractivity contribution < 1.29 is 0 Å². The molecule has 1 aliphatic heterocycles. The molecule has 0 bridgehead atoms. The molecular weight excluding hydrogens is 296 g/mol. The fraction of sp³-hybridized carbons (Fsp3) is 0.400. The predicted octanol–water partition coefficient (Wildman–Crippen LogP) is 4.55. The number of nitrogens with zero attached hydrogens (tertiary/aromatic N) is 3. The molecule has 2 aliphatic rings. The number of likely N-dealkylation sites (N-methyl/N-ethyl adjacent to an activating group) is 1. The minimum Gasteiger partial charge on any atom is -0.367 e. The van der Waals surface area contributed by atoms with Gasteiger partial charge in [-0.05, 0) is 49.8 Å². The van der Waals surface area contributed by atoms with Gasteiger partial charge in [-0.2, -0.15) is 0 Å². The first-order chi connectivity index (χ1) is 11.7. The van der Waals surface area contributed by atoms with E-state index in [1.165, 1.54) is 30.5 Å². The number of fused-ring (bicyclic) bond motifs is 1. The summed E-state index contributed by atoms with van der Waals surface area (Å²) in [5, 5.41) is 3.31. The first kappa shape index (κ1) is 15.2. The highest BCUT2D eigenvalue weighted by Crippen LogP contribution is 2.39. The third-order valence-electron chi connectivity index (χ3n) is 5.15. The van der Waals surface area contributed by atoms with E-state index >= 15 is 0 Å². The van der Waals surface area contributed by atoms with Crippen LogP contribution in [0.5, 0.6) is 0 Å². The zero-order valence-electron chi connectivity index (χ0n) is 14.4. The molecular formula is C20H24N4. The van der Waals surface area contributed by atoms with Crippen LogP contribution in [0.1, 0.15) is 37.3 Å². The fourth-order valence-corrected chi connectivity index (χ4v) is 3.44. The lowest BCUT2D eigenvalue weighted by atomic mass is 9.78. The normalized spacial score (nSPS) is 17.1. The van der Waals surface area contributed by atoms with Crippen LogP contribution in [-0.2, 0) is 0 Å². The van der Waals surface area contributed by atoms with E-state index in [2.05, 4.69) is 45.3 Å². The summed E-state index contributed by atoms with van der Waals surface area (Å²) in [6.07, 6.45) is 10.3. The smallest absolute Gasteiger partial charge is 0.133 e. The van der Waals surface area contributed by atoms with Crippen LogP contribution in [0.15, 0.2) is 36.2 Å². The fourth-order valence-electron chi connectivity index (χ4n) is 3.44. The molecule has 1 saturated carbocycles. The second kappa shape index (κ2) is 6.27. The van der Waals surface area contributed by atoms with Gasteiger partial charge in [0.15, 0.2) is 0 Å². The Bertz CT molecular complexity index is 760. The van der Waals surface area contributed by atoms with Crippen LogP contribution < -0.4 is 10.2 Å². The Balaban J connectivity index is 1.61. The van der Waals surface area contributed by atoms with E-state index in [1.807, 2.05) is 25.4 Å². The van der Waals surface area contributed by atoms with Crippen molar-refractivity contribution in [3.05, 3.63) is 47.3 Å². The minimum atomic E-state index is 0.793. The zero-order chi connectivity index (χ0) is 16.5. The largest absolute Gasteiger partial charge is 0.367 e. The molecule has 124 valence electrons. The Morgan fingerprint density at radius 2 is 2.00 bits per heavy atom. The molecule has 0 spiro atoms. The highest BCUT2D eigenvalue weighted by Gasteiger charge is 2.27. The van der Waals surface area contributed by atoms with Gasteiger partial charge in [-0.3, -0.25) is 0 Å². The summed E-state index contributed by atoms with van der Waals surface area (Å²) in [4.78, 5) is 11.5. The number of hydrogen-bond acceptors (Lipinski definition) is 4. The summed E-state index contributed by atoms with van der Waals surface area (Å²) < 4.78 is 0. The van der Waals surface area contributed by atoms with E-state index in [1.54, 1.807) is 5.57 Å². The standard InChI is InChI=1S/C20H24N4/c1-3-24-13-17(15-5-4-6-15)9-16-12-22-20(10-18(16)24)23-19-8-7-14(2)11-21-19/h7-12,15H,3-6,13H2,1-2H3,(H,21,22,23). The molecule has 1 aliphatic carbocycles. The van der Waals surface area contributed by atoms with Gasteiger partial charge in [0.05, 0.1) is 0 Å². The Labute approximate surface area is 143 Å². The van der Waals surface area contributed by atoms with Crippen molar-refractivity contribution in [1.29, 1.82) is 0 Å². The summed E-state index contributed by atoms with van der Waals surface area (Å²) in [7, 11) is 0. The van der Waals surface area contributed by atoms with Crippen LogP contribution in [0, 0.1) is 12.8 Å². The average Bonchev–Trinajstić information content (AvgIpc) is 2.55. The second-order valence-electron chi connectivity index (χ2n) is 6.84. The summed E-state index contributed by atoms with van der Waals surface area (Å²) in [6.45, 7) is 6.34.